The van der Waals surface area contributed by atoms with Gasteiger partial charge < -0.3 is 24.4 Å². The standard InChI is InChI=1S/C23H27ClO5/c1-14-21(25)12-22(26)23(28-14)16-4-7-20(24)17(11-16)10-15-2-5-18(6-3-15)29-19-8-9-27-13-19/h2-7,11,14,19,21-23,25-26H,8-10,12-13H2,1H3/t14?,19-,21?,22?,23?/m0/s1. The maximum atomic E-state index is 10.4. The first-order valence-electron chi connectivity index (χ1n) is 10.1. The van der Waals surface area contributed by atoms with E-state index in [2.05, 4.69) is 0 Å². The van der Waals surface area contributed by atoms with Gasteiger partial charge in [-0.1, -0.05) is 35.9 Å². The lowest BCUT2D eigenvalue weighted by Crippen LogP contribution is -2.41. The first kappa shape index (κ1) is 20.6. The summed E-state index contributed by atoms with van der Waals surface area (Å²) in [6.45, 7) is 3.23. The van der Waals surface area contributed by atoms with Gasteiger partial charge in [0, 0.05) is 17.9 Å². The molecule has 0 radical (unpaired) electrons. The molecule has 29 heavy (non-hydrogen) atoms. The van der Waals surface area contributed by atoms with Gasteiger partial charge in [0.2, 0.25) is 0 Å². The normalized spacial score (nSPS) is 29.7. The molecule has 6 heteroatoms. The lowest BCUT2D eigenvalue weighted by molar-refractivity contribution is -0.164. The van der Waals surface area contributed by atoms with Crippen LogP contribution in [0.3, 0.4) is 0 Å². The van der Waals surface area contributed by atoms with E-state index >= 15 is 0 Å². The second kappa shape index (κ2) is 9.02. The van der Waals surface area contributed by atoms with Crippen LogP contribution in [0.5, 0.6) is 5.75 Å². The van der Waals surface area contributed by atoms with Crippen molar-refractivity contribution < 1.29 is 24.4 Å². The SMILES string of the molecule is CC1OC(c2ccc(Cl)c(Cc3ccc(O[C@H]4CCOC4)cc3)c2)C(O)CC1O. The van der Waals surface area contributed by atoms with E-state index in [0.29, 0.717) is 24.5 Å². The van der Waals surface area contributed by atoms with Crippen molar-refractivity contribution in [3.05, 3.63) is 64.2 Å². The summed E-state index contributed by atoms with van der Waals surface area (Å²) in [4.78, 5) is 0. The van der Waals surface area contributed by atoms with E-state index in [1.54, 1.807) is 0 Å². The quantitative estimate of drug-likeness (QED) is 0.775. The molecule has 2 aliphatic heterocycles. The Morgan fingerprint density at radius 2 is 1.90 bits per heavy atom. The summed E-state index contributed by atoms with van der Waals surface area (Å²) >= 11 is 6.44. The van der Waals surface area contributed by atoms with E-state index in [1.165, 1.54) is 0 Å². The molecule has 156 valence electrons. The van der Waals surface area contributed by atoms with Gasteiger partial charge in [-0.3, -0.25) is 0 Å². The predicted molar refractivity (Wildman–Crippen MR) is 110 cm³/mol. The fourth-order valence-corrected chi connectivity index (χ4v) is 4.07. The van der Waals surface area contributed by atoms with Crippen molar-refractivity contribution >= 4 is 11.6 Å². The van der Waals surface area contributed by atoms with Gasteiger partial charge >= 0.3 is 0 Å². The van der Waals surface area contributed by atoms with Crippen molar-refractivity contribution in [1.29, 1.82) is 0 Å². The molecule has 2 N–H and O–H groups in total. The Morgan fingerprint density at radius 3 is 2.62 bits per heavy atom. The van der Waals surface area contributed by atoms with Gasteiger partial charge in [-0.05, 0) is 48.2 Å². The highest BCUT2D eigenvalue weighted by Crippen LogP contribution is 2.34. The fraction of sp³-hybridized carbons (Fsp3) is 0.478. The lowest BCUT2D eigenvalue weighted by Gasteiger charge is -2.36. The second-order valence-electron chi connectivity index (χ2n) is 7.91. The van der Waals surface area contributed by atoms with Crippen molar-refractivity contribution in [2.24, 2.45) is 0 Å². The third kappa shape index (κ3) is 4.93. The Labute approximate surface area is 176 Å². The van der Waals surface area contributed by atoms with Crippen LogP contribution >= 0.6 is 11.6 Å². The second-order valence-corrected chi connectivity index (χ2v) is 8.31. The fourth-order valence-electron chi connectivity index (χ4n) is 3.89. The highest BCUT2D eigenvalue weighted by molar-refractivity contribution is 6.31. The van der Waals surface area contributed by atoms with Crippen LogP contribution in [0.15, 0.2) is 42.5 Å². The molecule has 4 unspecified atom stereocenters. The van der Waals surface area contributed by atoms with Gasteiger partial charge in [0.1, 0.15) is 18.0 Å². The van der Waals surface area contributed by atoms with E-state index in [9.17, 15) is 10.2 Å². The average molecular weight is 419 g/mol. The molecule has 5 atom stereocenters. The maximum Gasteiger partial charge on any atom is 0.124 e. The zero-order valence-corrected chi connectivity index (χ0v) is 17.2. The highest BCUT2D eigenvalue weighted by Gasteiger charge is 2.35. The summed E-state index contributed by atoms with van der Waals surface area (Å²) in [7, 11) is 0. The van der Waals surface area contributed by atoms with E-state index in [1.807, 2.05) is 49.4 Å². The largest absolute Gasteiger partial charge is 0.488 e. The monoisotopic (exact) mass is 418 g/mol. The summed E-state index contributed by atoms with van der Waals surface area (Å²) in [5.41, 5.74) is 2.96. The molecular weight excluding hydrogens is 392 g/mol. The number of ether oxygens (including phenoxy) is 3. The Morgan fingerprint density at radius 1 is 1.10 bits per heavy atom. The number of aliphatic hydroxyl groups is 2. The molecule has 0 amide bonds. The van der Waals surface area contributed by atoms with Crippen molar-refractivity contribution in [1.82, 2.24) is 0 Å². The Bertz CT molecular complexity index is 819. The number of aliphatic hydroxyl groups excluding tert-OH is 2. The van der Waals surface area contributed by atoms with Crippen LogP contribution in [0.1, 0.15) is 42.6 Å². The molecule has 0 spiro atoms. The van der Waals surface area contributed by atoms with Gasteiger partial charge in [-0.2, -0.15) is 0 Å². The highest BCUT2D eigenvalue weighted by atomic mass is 35.5. The van der Waals surface area contributed by atoms with Crippen molar-refractivity contribution in [2.45, 2.75) is 56.7 Å². The number of hydrogen-bond acceptors (Lipinski definition) is 5. The first-order valence-corrected chi connectivity index (χ1v) is 10.5. The van der Waals surface area contributed by atoms with Gasteiger partial charge in [0.25, 0.3) is 0 Å². The molecule has 2 fully saturated rings. The summed E-state index contributed by atoms with van der Waals surface area (Å²) in [5.74, 6) is 0.843. The molecule has 0 aromatic heterocycles. The molecule has 0 aliphatic carbocycles. The zero-order valence-electron chi connectivity index (χ0n) is 16.5. The van der Waals surface area contributed by atoms with Crippen LogP contribution in [0.2, 0.25) is 5.02 Å². The minimum atomic E-state index is -0.744. The molecular formula is C23H27ClO5. The van der Waals surface area contributed by atoms with Crippen molar-refractivity contribution in [3.8, 4) is 5.75 Å². The third-order valence-corrected chi connectivity index (χ3v) is 6.01. The zero-order chi connectivity index (χ0) is 20.4. The van der Waals surface area contributed by atoms with Gasteiger partial charge in [0.15, 0.2) is 0 Å². The van der Waals surface area contributed by atoms with Crippen LogP contribution in [-0.2, 0) is 15.9 Å². The summed E-state index contributed by atoms with van der Waals surface area (Å²) in [6, 6.07) is 13.7. The van der Waals surface area contributed by atoms with Gasteiger partial charge in [-0.15, -0.1) is 0 Å². The van der Waals surface area contributed by atoms with Crippen LogP contribution in [0, 0.1) is 0 Å². The van der Waals surface area contributed by atoms with Crippen LogP contribution < -0.4 is 4.74 Å². The lowest BCUT2D eigenvalue weighted by atomic mass is 9.92. The summed E-state index contributed by atoms with van der Waals surface area (Å²) in [5, 5.41) is 20.9. The molecule has 2 aromatic rings. The number of halogens is 1. The molecule has 0 saturated carbocycles. The molecule has 5 nitrogen and oxygen atoms in total. The van der Waals surface area contributed by atoms with Crippen LogP contribution in [-0.4, -0.2) is 47.8 Å². The maximum absolute atomic E-state index is 10.4. The summed E-state index contributed by atoms with van der Waals surface area (Å²) in [6.07, 6.45) is -0.146. The minimum Gasteiger partial charge on any atom is -0.488 e. The average Bonchev–Trinajstić information content (AvgIpc) is 3.21. The van der Waals surface area contributed by atoms with Gasteiger partial charge in [-0.25, -0.2) is 0 Å². The molecule has 2 aliphatic rings. The van der Waals surface area contributed by atoms with E-state index < -0.39 is 18.3 Å². The molecule has 2 aromatic carbocycles. The van der Waals surface area contributed by atoms with Crippen molar-refractivity contribution in [3.63, 3.8) is 0 Å². The Kier molecular flexibility index (Phi) is 6.42. The molecule has 4 rings (SSSR count). The molecule has 2 saturated heterocycles. The van der Waals surface area contributed by atoms with Gasteiger partial charge in [0.05, 0.1) is 31.5 Å². The number of hydrogen-bond donors (Lipinski definition) is 2. The Balaban J connectivity index is 1.46. The van der Waals surface area contributed by atoms with Crippen LogP contribution in [0.25, 0.3) is 0 Å². The van der Waals surface area contributed by atoms with Crippen LogP contribution in [0.4, 0.5) is 0 Å². The Hall–Kier alpha value is -1.63. The topological polar surface area (TPSA) is 68.2 Å². The van der Waals surface area contributed by atoms with E-state index in [-0.39, 0.29) is 12.2 Å². The van der Waals surface area contributed by atoms with E-state index in [0.717, 1.165) is 35.5 Å². The van der Waals surface area contributed by atoms with E-state index in [4.69, 9.17) is 25.8 Å². The third-order valence-electron chi connectivity index (χ3n) is 5.64. The number of rotatable bonds is 5. The number of benzene rings is 2. The predicted octanol–water partition coefficient (Wildman–Crippen LogP) is 3.67. The molecule has 2 heterocycles. The van der Waals surface area contributed by atoms with Crippen molar-refractivity contribution in [2.75, 3.05) is 13.2 Å². The first-order chi connectivity index (χ1) is 14.0. The molecule has 0 bridgehead atoms. The summed E-state index contributed by atoms with van der Waals surface area (Å²) < 4.78 is 17.1. The minimum absolute atomic E-state index is 0.134. The smallest absolute Gasteiger partial charge is 0.124 e.